The molecule has 0 radical (unpaired) electrons. The largest absolute Gasteiger partial charge is 0.507 e. The van der Waals surface area contributed by atoms with Crippen molar-refractivity contribution < 1.29 is 14.6 Å². The lowest BCUT2D eigenvalue weighted by molar-refractivity contribution is -0.109. The van der Waals surface area contributed by atoms with Gasteiger partial charge in [0, 0.05) is 5.56 Å². The van der Waals surface area contributed by atoms with E-state index in [-0.39, 0.29) is 11.6 Å². The molecule has 1 heterocycles. The number of carbonyl (C=O) groups excluding carboxylic acids is 1. The first-order valence-corrected chi connectivity index (χ1v) is 5.88. The summed E-state index contributed by atoms with van der Waals surface area (Å²) >= 11 is 0. The van der Waals surface area contributed by atoms with Crippen molar-refractivity contribution in [3.63, 3.8) is 0 Å². The van der Waals surface area contributed by atoms with E-state index in [0.717, 1.165) is 11.8 Å². The van der Waals surface area contributed by atoms with E-state index in [0.29, 0.717) is 11.3 Å². The smallest absolute Gasteiger partial charge is 0.226 e. The van der Waals surface area contributed by atoms with Crippen LogP contribution < -0.4 is 4.74 Å². The third kappa shape index (κ3) is 1.97. The average Bonchev–Trinajstić information content (AvgIpc) is 2.46. The molecule has 4 heteroatoms. The van der Waals surface area contributed by atoms with Crippen molar-refractivity contribution in [2.75, 3.05) is 0 Å². The molecule has 0 bridgehead atoms. The number of nitrogens with zero attached hydrogens (tertiary/aromatic N) is 1. The summed E-state index contributed by atoms with van der Waals surface area (Å²) in [5.74, 6) is 0.923. The third-order valence-corrected chi connectivity index (χ3v) is 2.96. The summed E-state index contributed by atoms with van der Waals surface area (Å²) in [5.41, 5.74) is 1.21. The van der Waals surface area contributed by atoms with Gasteiger partial charge >= 0.3 is 0 Å². The number of carbonyl (C=O) groups is 1. The normalized spacial score (nSPS) is 17.1. The minimum absolute atomic E-state index is 0.0743. The number of phenolic OH excluding ortho intramolecular Hbond substituents is 1. The molecule has 19 heavy (non-hydrogen) atoms. The van der Waals surface area contributed by atoms with Crippen LogP contribution in [-0.4, -0.2) is 17.3 Å². The molecule has 1 aliphatic heterocycles. The summed E-state index contributed by atoms with van der Waals surface area (Å²) in [6.45, 7) is 0. The zero-order valence-corrected chi connectivity index (χ0v) is 9.98. The van der Waals surface area contributed by atoms with Crippen molar-refractivity contribution in [3.8, 4) is 11.5 Å². The molecule has 1 aliphatic rings. The molecule has 0 aliphatic carbocycles. The number of phenols is 1. The topological polar surface area (TPSA) is 58.9 Å². The molecule has 94 valence electrons. The quantitative estimate of drug-likeness (QED) is 0.836. The van der Waals surface area contributed by atoms with Gasteiger partial charge in [0.1, 0.15) is 23.8 Å². The van der Waals surface area contributed by atoms with Gasteiger partial charge in [0.15, 0.2) is 0 Å². The molecule has 0 spiro atoms. The van der Waals surface area contributed by atoms with Crippen LogP contribution in [0.5, 0.6) is 11.5 Å². The third-order valence-electron chi connectivity index (χ3n) is 2.96. The number of aliphatic imine (C=N–C) groups is 1. The Balaban J connectivity index is 2.09. The molecule has 0 saturated heterocycles. The molecule has 0 aromatic heterocycles. The van der Waals surface area contributed by atoms with Gasteiger partial charge in [-0.15, -0.1) is 0 Å². The van der Waals surface area contributed by atoms with Gasteiger partial charge in [0.2, 0.25) is 5.90 Å². The van der Waals surface area contributed by atoms with Crippen molar-refractivity contribution in [2.24, 2.45) is 4.99 Å². The van der Waals surface area contributed by atoms with Crippen molar-refractivity contribution in [2.45, 2.75) is 6.04 Å². The maximum Gasteiger partial charge on any atom is 0.226 e. The lowest BCUT2D eigenvalue weighted by Gasteiger charge is -2.21. The second kappa shape index (κ2) is 4.57. The standard InChI is InChI=1S/C15H11NO3/c17-9-12-10-5-2-4-8-14(10)19-15(16-12)11-6-1-3-7-13(11)18/h1-9,12,18H. The molecule has 1 atom stereocenters. The van der Waals surface area contributed by atoms with Crippen molar-refractivity contribution in [1.29, 1.82) is 0 Å². The number of aldehydes is 1. The number of ether oxygens (including phenoxy) is 1. The van der Waals surface area contributed by atoms with Crippen LogP contribution in [0.2, 0.25) is 0 Å². The molecular weight excluding hydrogens is 242 g/mol. The maximum absolute atomic E-state index is 11.2. The number of hydrogen-bond acceptors (Lipinski definition) is 4. The SMILES string of the molecule is O=CC1N=C(c2ccccc2O)Oc2ccccc21. The predicted octanol–water partition coefficient (Wildman–Crippen LogP) is 2.47. The second-order valence-electron chi connectivity index (χ2n) is 4.17. The van der Waals surface area contributed by atoms with Crippen LogP contribution in [0.25, 0.3) is 0 Å². The zero-order chi connectivity index (χ0) is 13.2. The monoisotopic (exact) mass is 253 g/mol. The van der Waals surface area contributed by atoms with E-state index in [1.54, 1.807) is 36.4 Å². The molecular formula is C15H11NO3. The number of para-hydroxylation sites is 2. The summed E-state index contributed by atoms with van der Waals surface area (Å²) < 4.78 is 5.66. The van der Waals surface area contributed by atoms with Gasteiger partial charge in [0.05, 0.1) is 5.56 Å². The number of aromatic hydroxyl groups is 1. The first-order chi connectivity index (χ1) is 9.29. The fraction of sp³-hybridized carbons (Fsp3) is 0.0667. The van der Waals surface area contributed by atoms with Gasteiger partial charge in [0.25, 0.3) is 0 Å². The number of fused-ring (bicyclic) bond motifs is 1. The lowest BCUT2D eigenvalue weighted by atomic mass is 10.1. The number of rotatable bonds is 2. The molecule has 4 nitrogen and oxygen atoms in total. The molecule has 1 N–H and O–H groups in total. The Kier molecular flexibility index (Phi) is 2.76. The van der Waals surface area contributed by atoms with Gasteiger partial charge in [-0.05, 0) is 18.2 Å². The minimum Gasteiger partial charge on any atom is -0.507 e. The van der Waals surface area contributed by atoms with E-state index in [1.165, 1.54) is 0 Å². The van der Waals surface area contributed by atoms with Crippen molar-refractivity contribution in [3.05, 3.63) is 59.7 Å². The Hall–Kier alpha value is -2.62. The highest BCUT2D eigenvalue weighted by atomic mass is 16.5. The van der Waals surface area contributed by atoms with Crippen LogP contribution >= 0.6 is 0 Å². The van der Waals surface area contributed by atoms with Crippen LogP contribution in [0.3, 0.4) is 0 Å². The van der Waals surface area contributed by atoms with Crippen LogP contribution in [0.1, 0.15) is 17.2 Å². The summed E-state index contributed by atoms with van der Waals surface area (Å²) in [5, 5.41) is 9.82. The fourth-order valence-corrected chi connectivity index (χ4v) is 2.03. The Labute approximate surface area is 110 Å². The first kappa shape index (κ1) is 11.5. The van der Waals surface area contributed by atoms with E-state index in [9.17, 15) is 9.90 Å². The minimum atomic E-state index is -0.598. The Morgan fingerprint density at radius 1 is 1.11 bits per heavy atom. The van der Waals surface area contributed by atoms with Gasteiger partial charge in [-0.3, -0.25) is 0 Å². The van der Waals surface area contributed by atoms with Crippen LogP contribution in [0, 0.1) is 0 Å². The van der Waals surface area contributed by atoms with Gasteiger partial charge < -0.3 is 14.6 Å². The van der Waals surface area contributed by atoms with E-state index in [2.05, 4.69) is 4.99 Å². The summed E-state index contributed by atoms with van der Waals surface area (Å²) in [7, 11) is 0. The second-order valence-corrected chi connectivity index (χ2v) is 4.17. The van der Waals surface area contributed by atoms with Gasteiger partial charge in [-0.25, -0.2) is 4.99 Å². The average molecular weight is 253 g/mol. The molecule has 2 aromatic rings. The fourth-order valence-electron chi connectivity index (χ4n) is 2.03. The Bertz CT molecular complexity index is 664. The maximum atomic E-state index is 11.2. The predicted molar refractivity (Wildman–Crippen MR) is 70.5 cm³/mol. The lowest BCUT2D eigenvalue weighted by Crippen LogP contribution is -2.19. The molecule has 0 saturated carbocycles. The Morgan fingerprint density at radius 3 is 2.63 bits per heavy atom. The molecule has 0 amide bonds. The van der Waals surface area contributed by atoms with Gasteiger partial charge in [-0.1, -0.05) is 30.3 Å². The molecule has 3 rings (SSSR count). The summed E-state index contributed by atoms with van der Waals surface area (Å²) in [6.07, 6.45) is 0.765. The van der Waals surface area contributed by atoms with Crippen LogP contribution in [0.4, 0.5) is 0 Å². The van der Waals surface area contributed by atoms with E-state index in [4.69, 9.17) is 4.74 Å². The number of benzene rings is 2. The van der Waals surface area contributed by atoms with Crippen LogP contribution in [0.15, 0.2) is 53.5 Å². The highest BCUT2D eigenvalue weighted by Crippen LogP contribution is 2.33. The van der Waals surface area contributed by atoms with E-state index in [1.807, 2.05) is 12.1 Å². The Morgan fingerprint density at radius 2 is 1.84 bits per heavy atom. The highest BCUT2D eigenvalue weighted by molar-refractivity contribution is 6.00. The first-order valence-electron chi connectivity index (χ1n) is 5.88. The molecule has 2 aromatic carbocycles. The molecule has 0 fully saturated rings. The number of hydrogen-bond donors (Lipinski definition) is 1. The summed E-state index contributed by atoms with van der Waals surface area (Å²) in [4.78, 5) is 15.4. The van der Waals surface area contributed by atoms with Gasteiger partial charge in [-0.2, -0.15) is 0 Å². The van der Waals surface area contributed by atoms with Crippen molar-refractivity contribution in [1.82, 2.24) is 0 Å². The van der Waals surface area contributed by atoms with E-state index < -0.39 is 6.04 Å². The van der Waals surface area contributed by atoms with Crippen molar-refractivity contribution >= 4 is 12.2 Å². The highest BCUT2D eigenvalue weighted by Gasteiger charge is 2.24. The summed E-state index contributed by atoms with van der Waals surface area (Å²) in [6, 6.07) is 13.4. The van der Waals surface area contributed by atoms with E-state index >= 15 is 0 Å². The van der Waals surface area contributed by atoms with Crippen LogP contribution in [-0.2, 0) is 4.79 Å². The zero-order valence-electron chi connectivity index (χ0n) is 9.98. The molecule has 1 unspecified atom stereocenters.